The van der Waals surface area contributed by atoms with Crippen LogP contribution < -0.4 is 20.7 Å². The third-order valence-corrected chi connectivity index (χ3v) is 7.93. The minimum absolute atomic E-state index is 0. The largest absolute Gasteiger partial charge is 0.497 e. The molecule has 0 bridgehead atoms. The molecule has 1 saturated heterocycles. The van der Waals surface area contributed by atoms with Crippen molar-refractivity contribution < 1.29 is 33.8 Å². The molecule has 2 aromatic carbocycles. The predicted molar refractivity (Wildman–Crippen MR) is 177 cm³/mol. The van der Waals surface area contributed by atoms with E-state index < -0.39 is 36.0 Å². The molecule has 46 heavy (non-hydrogen) atoms. The third-order valence-electron chi connectivity index (χ3n) is 7.93. The average molecular weight is 661 g/mol. The van der Waals surface area contributed by atoms with Crippen molar-refractivity contribution in [3.8, 4) is 5.75 Å². The number of esters is 1. The summed E-state index contributed by atoms with van der Waals surface area (Å²) in [5.74, 6) is -0.599. The number of piperidine rings is 1. The lowest BCUT2D eigenvalue weighted by Crippen LogP contribution is -2.55. The maximum absolute atomic E-state index is 13.7. The number of hydrogen-bond donors (Lipinski definition) is 4. The molecule has 11 nitrogen and oxygen atoms in total. The van der Waals surface area contributed by atoms with Gasteiger partial charge < -0.3 is 35.4 Å². The Morgan fingerprint density at radius 1 is 0.891 bits per heavy atom. The van der Waals surface area contributed by atoms with Crippen LogP contribution in [0.1, 0.15) is 62.5 Å². The van der Waals surface area contributed by atoms with Gasteiger partial charge in [0.15, 0.2) is 0 Å². The molecular weight excluding hydrogens is 612 g/mol. The van der Waals surface area contributed by atoms with Crippen LogP contribution in [0.15, 0.2) is 54.6 Å². The molecule has 3 atom stereocenters. The summed E-state index contributed by atoms with van der Waals surface area (Å²) in [6.07, 6.45) is 3.03. The Morgan fingerprint density at radius 3 is 2.30 bits per heavy atom. The summed E-state index contributed by atoms with van der Waals surface area (Å²) in [5, 5.41) is 20.2. The highest BCUT2D eigenvalue weighted by Crippen LogP contribution is 2.14. The van der Waals surface area contributed by atoms with E-state index in [1.807, 2.05) is 59.5 Å². The number of rotatable bonds is 18. The molecule has 3 unspecified atom stereocenters. The van der Waals surface area contributed by atoms with Gasteiger partial charge in [-0.2, -0.15) is 0 Å². The van der Waals surface area contributed by atoms with Gasteiger partial charge in [0.2, 0.25) is 17.7 Å². The SMILES string of the molecule is COC(=O)CCCC(=O)NC(CCC(=O)N1CCCCC1)C(=O)NC(Cc1ccccc1)C(O)CNCc1cccc(OC)c1.Cl. The van der Waals surface area contributed by atoms with E-state index in [0.717, 1.165) is 36.1 Å². The van der Waals surface area contributed by atoms with Crippen molar-refractivity contribution in [2.45, 2.75) is 82.5 Å². The highest BCUT2D eigenvalue weighted by Gasteiger charge is 2.28. The third kappa shape index (κ3) is 13.8. The molecule has 0 aromatic heterocycles. The first kappa shape index (κ1) is 38.5. The fraction of sp³-hybridized carbons (Fsp3) is 0.529. The van der Waals surface area contributed by atoms with E-state index in [0.29, 0.717) is 26.1 Å². The number of carbonyl (C=O) groups is 4. The number of nitrogens with one attached hydrogen (secondary N) is 3. The molecule has 4 N–H and O–H groups in total. The molecule has 0 radical (unpaired) electrons. The summed E-state index contributed by atoms with van der Waals surface area (Å²) < 4.78 is 9.93. The number of aliphatic hydroxyl groups is 1. The maximum Gasteiger partial charge on any atom is 0.305 e. The van der Waals surface area contributed by atoms with Crippen LogP contribution in [0.4, 0.5) is 0 Å². The first-order valence-electron chi connectivity index (χ1n) is 15.8. The summed E-state index contributed by atoms with van der Waals surface area (Å²) in [6.45, 7) is 2.09. The molecule has 3 rings (SSSR count). The molecule has 1 aliphatic heterocycles. The van der Waals surface area contributed by atoms with Crippen molar-refractivity contribution in [2.75, 3.05) is 33.9 Å². The van der Waals surface area contributed by atoms with Crippen LogP contribution >= 0.6 is 12.4 Å². The number of amides is 3. The van der Waals surface area contributed by atoms with E-state index >= 15 is 0 Å². The minimum Gasteiger partial charge on any atom is -0.497 e. The minimum atomic E-state index is -0.986. The standard InChI is InChI=1S/C34H48N4O7.ClH/c1-44-27-14-9-13-26(21-27)23-35-24-30(39)29(22-25-11-5-3-6-12-25)37-34(43)28(36-31(40)15-10-16-33(42)45-2)17-18-32(41)38-19-7-4-8-20-38;/h3,5-6,9,11-14,21,28-30,35,39H,4,7-8,10,15-20,22-24H2,1-2H3,(H,36,40)(H,37,43);1H. The second-order valence-electron chi connectivity index (χ2n) is 11.4. The number of methoxy groups -OCH3 is 2. The van der Waals surface area contributed by atoms with Crippen LogP contribution in [0, 0.1) is 0 Å². The fourth-order valence-electron chi connectivity index (χ4n) is 5.32. The molecule has 1 aliphatic rings. The Hall–Kier alpha value is -3.67. The van der Waals surface area contributed by atoms with Gasteiger partial charge in [-0.05, 0) is 61.8 Å². The summed E-state index contributed by atoms with van der Waals surface area (Å²) in [4.78, 5) is 52.7. The lowest BCUT2D eigenvalue weighted by atomic mass is 9.99. The number of halogens is 1. The van der Waals surface area contributed by atoms with Crippen LogP contribution in [0.3, 0.4) is 0 Å². The monoisotopic (exact) mass is 660 g/mol. The number of aliphatic hydroxyl groups excluding tert-OH is 1. The van der Waals surface area contributed by atoms with Gasteiger partial charge in [-0.15, -0.1) is 12.4 Å². The van der Waals surface area contributed by atoms with E-state index in [4.69, 9.17) is 4.74 Å². The highest BCUT2D eigenvalue weighted by atomic mass is 35.5. The van der Waals surface area contributed by atoms with Gasteiger partial charge in [0.05, 0.1) is 26.4 Å². The molecule has 0 aliphatic carbocycles. The summed E-state index contributed by atoms with van der Waals surface area (Å²) in [6, 6.07) is 15.5. The second kappa shape index (κ2) is 21.2. The smallest absolute Gasteiger partial charge is 0.305 e. The van der Waals surface area contributed by atoms with Crippen molar-refractivity contribution in [1.82, 2.24) is 20.9 Å². The van der Waals surface area contributed by atoms with Gasteiger partial charge in [-0.3, -0.25) is 19.2 Å². The second-order valence-corrected chi connectivity index (χ2v) is 11.4. The summed E-state index contributed by atoms with van der Waals surface area (Å²) in [7, 11) is 2.89. The summed E-state index contributed by atoms with van der Waals surface area (Å²) >= 11 is 0. The van der Waals surface area contributed by atoms with Crippen molar-refractivity contribution >= 4 is 36.1 Å². The van der Waals surface area contributed by atoms with Gasteiger partial charge in [0.1, 0.15) is 11.8 Å². The molecule has 0 saturated carbocycles. The number of nitrogens with zero attached hydrogens (tertiary/aromatic N) is 1. The zero-order valence-corrected chi connectivity index (χ0v) is 27.7. The van der Waals surface area contributed by atoms with E-state index in [-0.39, 0.29) is 57.0 Å². The highest BCUT2D eigenvalue weighted by molar-refractivity contribution is 5.88. The molecule has 2 aromatic rings. The van der Waals surface area contributed by atoms with Crippen LogP contribution in [0.5, 0.6) is 5.75 Å². The van der Waals surface area contributed by atoms with E-state index in [2.05, 4.69) is 20.7 Å². The van der Waals surface area contributed by atoms with Crippen molar-refractivity contribution in [2.24, 2.45) is 0 Å². The number of carbonyl (C=O) groups excluding carboxylic acids is 4. The normalized spacial score (nSPS) is 14.6. The van der Waals surface area contributed by atoms with Gasteiger partial charge in [0, 0.05) is 45.4 Å². The Balaban J connectivity index is 0.00000736. The number of hydrogen-bond acceptors (Lipinski definition) is 8. The Morgan fingerprint density at radius 2 is 1.61 bits per heavy atom. The van der Waals surface area contributed by atoms with E-state index in [1.54, 1.807) is 7.11 Å². The lowest BCUT2D eigenvalue weighted by molar-refractivity contribution is -0.141. The topological polar surface area (TPSA) is 146 Å². The van der Waals surface area contributed by atoms with Gasteiger partial charge >= 0.3 is 5.97 Å². The zero-order valence-electron chi connectivity index (χ0n) is 26.9. The van der Waals surface area contributed by atoms with Crippen molar-refractivity contribution in [1.29, 1.82) is 0 Å². The predicted octanol–water partition coefficient (Wildman–Crippen LogP) is 2.92. The molecule has 1 fully saturated rings. The molecular formula is C34H49ClN4O7. The van der Waals surface area contributed by atoms with Gasteiger partial charge in [0.25, 0.3) is 0 Å². The van der Waals surface area contributed by atoms with Crippen molar-refractivity contribution in [3.05, 3.63) is 65.7 Å². The summed E-state index contributed by atoms with van der Waals surface area (Å²) in [5.41, 5.74) is 1.91. The average Bonchev–Trinajstić information content (AvgIpc) is 3.06. The molecule has 0 spiro atoms. The lowest BCUT2D eigenvalue weighted by Gasteiger charge is -2.29. The first-order chi connectivity index (χ1) is 21.8. The van der Waals surface area contributed by atoms with Gasteiger partial charge in [-0.1, -0.05) is 42.5 Å². The fourth-order valence-corrected chi connectivity index (χ4v) is 5.32. The van der Waals surface area contributed by atoms with Gasteiger partial charge in [-0.25, -0.2) is 0 Å². The van der Waals surface area contributed by atoms with Crippen LogP contribution in [-0.2, 0) is 36.9 Å². The molecule has 1 heterocycles. The van der Waals surface area contributed by atoms with Crippen LogP contribution in [-0.4, -0.2) is 85.7 Å². The number of ether oxygens (including phenoxy) is 2. The quantitative estimate of drug-likeness (QED) is 0.179. The van der Waals surface area contributed by atoms with Crippen LogP contribution in [0.25, 0.3) is 0 Å². The molecule has 254 valence electrons. The maximum atomic E-state index is 13.7. The molecule has 3 amide bonds. The Bertz CT molecular complexity index is 1230. The number of benzene rings is 2. The van der Waals surface area contributed by atoms with E-state index in [9.17, 15) is 24.3 Å². The zero-order chi connectivity index (χ0) is 32.4. The Labute approximate surface area is 278 Å². The Kier molecular flexibility index (Phi) is 17.7. The van der Waals surface area contributed by atoms with Crippen molar-refractivity contribution in [3.63, 3.8) is 0 Å². The molecule has 12 heteroatoms. The van der Waals surface area contributed by atoms with Crippen LogP contribution in [0.2, 0.25) is 0 Å². The first-order valence-corrected chi connectivity index (χ1v) is 15.8. The van der Waals surface area contributed by atoms with E-state index in [1.165, 1.54) is 7.11 Å². The number of likely N-dealkylation sites (tertiary alicyclic amines) is 1.